The maximum atomic E-state index is 11.5. The van der Waals surface area contributed by atoms with Gasteiger partial charge in [0.2, 0.25) is 0 Å². The lowest BCUT2D eigenvalue weighted by Crippen LogP contribution is -2.35. The molecule has 1 N–H and O–H groups in total. The highest BCUT2D eigenvalue weighted by Gasteiger charge is 2.26. The van der Waals surface area contributed by atoms with Gasteiger partial charge < -0.3 is 19.5 Å². The topological polar surface area (TPSA) is 56.8 Å². The first-order chi connectivity index (χ1) is 10.2. The maximum absolute atomic E-state index is 11.5. The Balaban J connectivity index is 2.05. The van der Waals surface area contributed by atoms with E-state index in [1.807, 2.05) is 18.2 Å². The van der Waals surface area contributed by atoms with Crippen LogP contribution in [0.15, 0.2) is 18.2 Å². The minimum atomic E-state index is -0.186. The zero-order valence-corrected chi connectivity index (χ0v) is 12.8. The van der Waals surface area contributed by atoms with E-state index in [2.05, 4.69) is 5.32 Å². The molecule has 0 heterocycles. The summed E-state index contributed by atoms with van der Waals surface area (Å²) in [7, 11) is 4.66. The summed E-state index contributed by atoms with van der Waals surface area (Å²) >= 11 is 0. The Hall–Kier alpha value is -1.75. The number of nitrogens with one attached hydrogen (secondary N) is 1. The molecule has 1 aliphatic carbocycles. The van der Waals surface area contributed by atoms with Gasteiger partial charge in [0.05, 0.1) is 27.8 Å². The standard InChI is InChI=1S/C16H23NO4/c1-19-14-7-4-11(9-15(14)20-2)8-13(10-16(18)21-3)17-12-5-6-12/h4,7,9,12-13,17H,5-6,8,10H2,1-3H3. The minimum Gasteiger partial charge on any atom is -0.493 e. The number of carbonyl (C=O) groups excluding carboxylic acids is 1. The summed E-state index contributed by atoms with van der Waals surface area (Å²) in [5, 5.41) is 3.50. The van der Waals surface area contributed by atoms with E-state index in [9.17, 15) is 4.79 Å². The fraction of sp³-hybridized carbons (Fsp3) is 0.562. The molecule has 0 radical (unpaired) electrons. The lowest BCUT2D eigenvalue weighted by molar-refractivity contribution is -0.141. The number of carbonyl (C=O) groups is 1. The van der Waals surface area contributed by atoms with E-state index < -0.39 is 0 Å². The second-order valence-electron chi connectivity index (χ2n) is 5.31. The van der Waals surface area contributed by atoms with Crippen molar-refractivity contribution in [3.8, 4) is 11.5 Å². The average molecular weight is 293 g/mol. The van der Waals surface area contributed by atoms with E-state index in [1.165, 1.54) is 20.0 Å². The smallest absolute Gasteiger partial charge is 0.307 e. The Morgan fingerprint density at radius 1 is 1.24 bits per heavy atom. The first-order valence-corrected chi connectivity index (χ1v) is 7.20. The number of hydrogen-bond donors (Lipinski definition) is 1. The fourth-order valence-corrected chi connectivity index (χ4v) is 2.35. The van der Waals surface area contributed by atoms with Crippen molar-refractivity contribution in [2.45, 2.75) is 37.8 Å². The van der Waals surface area contributed by atoms with Crippen LogP contribution < -0.4 is 14.8 Å². The van der Waals surface area contributed by atoms with Gasteiger partial charge in [-0.25, -0.2) is 0 Å². The third-order valence-electron chi connectivity index (χ3n) is 3.62. The Bertz CT molecular complexity index is 485. The summed E-state index contributed by atoms with van der Waals surface area (Å²) in [6, 6.07) is 6.47. The first-order valence-electron chi connectivity index (χ1n) is 7.20. The van der Waals surface area contributed by atoms with E-state index >= 15 is 0 Å². The molecule has 1 saturated carbocycles. The van der Waals surface area contributed by atoms with E-state index in [4.69, 9.17) is 14.2 Å². The Kier molecular flexibility index (Phi) is 5.44. The van der Waals surface area contributed by atoms with Gasteiger partial charge >= 0.3 is 5.97 Å². The number of methoxy groups -OCH3 is 3. The molecular weight excluding hydrogens is 270 g/mol. The second kappa shape index (κ2) is 7.31. The molecule has 1 unspecified atom stereocenters. The highest BCUT2D eigenvalue weighted by atomic mass is 16.5. The Morgan fingerprint density at radius 2 is 1.95 bits per heavy atom. The van der Waals surface area contributed by atoms with Gasteiger partial charge in [-0.05, 0) is 37.0 Å². The molecule has 0 saturated heterocycles. The minimum absolute atomic E-state index is 0.0862. The van der Waals surface area contributed by atoms with Crippen LogP contribution >= 0.6 is 0 Å². The molecule has 5 heteroatoms. The molecule has 0 amide bonds. The number of benzene rings is 1. The van der Waals surface area contributed by atoms with Gasteiger partial charge in [0.1, 0.15) is 0 Å². The van der Waals surface area contributed by atoms with Gasteiger partial charge in [-0.2, -0.15) is 0 Å². The van der Waals surface area contributed by atoms with Crippen molar-refractivity contribution in [2.75, 3.05) is 21.3 Å². The molecule has 2 rings (SSSR count). The van der Waals surface area contributed by atoms with Crippen molar-refractivity contribution < 1.29 is 19.0 Å². The molecule has 0 aromatic heterocycles. The molecule has 0 spiro atoms. The molecular formula is C16H23NO4. The lowest BCUT2D eigenvalue weighted by atomic mass is 10.0. The van der Waals surface area contributed by atoms with Crippen LogP contribution in [0.3, 0.4) is 0 Å². The fourth-order valence-electron chi connectivity index (χ4n) is 2.35. The third-order valence-corrected chi connectivity index (χ3v) is 3.62. The maximum Gasteiger partial charge on any atom is 0.307 e. The summed E-state index contributed by atoms with van der Waals surface area (Å²) in [4.78, 5) is 11.5. The molecule has 0 aliphatic heterocycles. The summed E-state index contributed by atoms with van der Waals surface area (Å²) in [6.07, 6.45) is 3.50. The lowest BCUT2D eigenvalue weighted by Gasteiger charge is -2.18. The molecule has 5 nitrogen and oxygen atoms in total. The van der Waals surface area contributed by atoms with E-state index in [0.29, 0.717) is 24.0 Å². The molecule has 1 aromatic rings. The van der Waals surface area contributed by atoms with Crippen molar-refractivity contribution in [3.05, 3.63) is 23.8 Å². The van der Waals surface area contributed by atoms with Gasteiger partial charge in [0, 0.05) is 12.1 Å². The van der Waals surface area contributed by atoms with Crippen LogP contribution in [0.1, 0.15) is 24.8 Å². The number of esters is 1. The second-order valence-corrected chi connectivity index (χ2v) is 5.31. The summed E-state index contributed by atoms with van der Waals surface area (Å²) in [5.74, 6) is 1.23. The molecule has 1 aliphatic rings. The monoisotopic (exact) mass is 293 g/mol. The van der Waals surface area contributed by atoms with Crippen LogP contribution in [0.25, 0.3) is 0 Å². The SMILES string of the molecule is COC(=O)CC(Cc1ccc(OC)c(OC)c1)NC1CC1. The molecule has 0 bridgehead atoms. The van der Waals surface area contributed by atoms with Crippen LogP contribution in [0.4, 0.5) is 0 Å². The molecule has 1 aromatic carbocycles. The highest BCUT2D eigenvalue weighted by molar-refractivity contribution is 5.70. The number of hydrogen-bond acceptors (Lipinski definition) is 5. The van der Waals surface area contributed by atoms with Crippen molar-refractivity contribution in [3.63, 3.8) is 0 Å². The first kappa shape index (κ1) is 15.6. The van der Waals surface area contributed by atoms with Gasteiger partial charge in [-0.15, -0.1) is 0 Å². The predicted octanol–water partition coefficient (Wildman–Crippen LogP) is 1.93. The zero-order valence-electron chi connectivity index (χ0n) is 12.8. The van der Waals surface area contributed by atoms with Gasteiger partial charge in [0.25, 0.3) is 0 Å². The normalized spacial score (nSPS) is 15.4. The number of ether oxygens (including phenoxy) is 3. The van der Waals surface area contributed by atoms with Crippen LogP contribution in [-0.4, -0.2) is 39.4 Å². The molecule has 1 fully saturated rings. The quantitative estimate of drug-likeness (QED) is 0.742. The van der Waals surface area contributed by atoms with Crippen LogP contribution in [0.5, 0.6) is 11.5 Å². The predicted molar refractivity (Wildman–Crippen MR) is 79.8 cm³/mol. The van der Waals surface area contributed by atoms with Gasteiger partial charge in [-0.1, -0.05) is 6.07 Å². The summed E-state index contributed by atoms with van der Waals surface area (Å²) in [6.45, 7) is 0. The van der Waals surface area contributed by atoms with Crippen LogP contribution in [0, 0.1) is 0 Å². The van der Waals surface area contributed by atoms with Crippen molar-refractivity contribution in [1.29, 1.82) is 0 Å². The Morgan fingerprint density at radius 3 is 2.52 bits per heavy atom. The zero-order chi connectivity index (χ0) is 15.2. The summed E-state index contributed by atoms with van der Waals surface area (Å²) in [5.41, 5.74) is 1.11. The molecule has 116 valence electrons. The van der Waals surface area contributed by atoms with Crippen LogP contribution in [0.2, 0.25) is 0 Å². The van der Waals surface area contributed by atoms with Crippen molar-refractivity contribution in [2.24, 2.45) is 0 Å². The Labute approximate surface area is 125 Å². The molecule has 21 heavy (non-hydrogen) atoms. The summed E-state index contributed by atoms with van der Waals surface area (Å²) < 4.78 is 15.3. The van der Waals surface area contributed by atoms with E-state index in [0.717, 1.165) is 12.0 Å². The highest BCUT2D eigenvalue weighted by Crippen LogP contribution is 2.28. The largest absolute Gasteiger partial charge is 0.493 e. The van der Waals surface area contributed by atoms with Gasteiger partial charge in [-0.3, -0.25) is 4.79 Å². The van der Waals surface area contributed by atoms with Crippen molar-refractivity contribution >= 4 is 5.97 Å². The van der Waals surface area contributed by atoms with Gasteiger partial charge in [0.15, 0.2) is 11.5 Å². The average Bonchev–Trinajstić information content (AvgIpc) is 3.30. The molecule has 1 atom stereocenters. The number of rotatable bonds is 8. The third kappa shape index (κ3) is 4.63. The van der Waals surface area contributed by atoms with Crippen LogP contribution in [-0.2, 0) is 16.0 Å². The van der Waals surface area contributed by atoms with E-state index in [1.54, 1.807) is 14.2 Å². The van der Waals surface area contributed by atoms with E-state index in [-0.39, 0.29) is 12.0 Å². The van der Waals surface area contributed by atoms with Crippen molar-refractivity contribution in [1.82, 2.24) is 5.32 Å².